The third-order valence-corrected chi connectivity index (χ3v) is 3.47. The number of hydrogen-bond acceptors (Lipinski definition) is 2. The minimum absolute atomic E-state index is 0.347. The number of benzene rings is 2. The first kappa shape index (κ1) is 15.8. The molecule has 0 aliphatic heterocycles. The quantitative estimate of drug-likeness (QED) is 0.848. The highest BCUT2D eigenvalue weighted by atomic mass is 79.9. The molecule has 3 nitrogen and oxygen atoms in total. The molecule has 21 heavy (non-hydrogen) atoms. The summed E-state index contributed by atoms with van der Waals surface area (Å²) in [5.41, 5.74) is 0.499. The number of anilines is 1. The lowest BCUT2D eigenvalue weighted by Gasteiger charge is -2.15. The van der Waals surface area contributed by atoms with Gasteiger partial charge in [0.15, 0.2) is 6.10 Å². The molecule has 6 heteroatoms. The Labute approximate surface area is 135 Å². The minimum Gasteiger partial charge on any atom is -0.479 e. The van der Waals surface area contributed by atoms with Gasteiger partial charge in [0.2, 0.25) is 0 Å². The fraction of sp³-hybridized carbons (Fsp3) is 0.133. The van der Waals surface area contributed by atoms with Crippen LogP contribution in [0.1, 0.15) is 6.92 Å². The Morgan fingerprint density at radius 1 is 1.29 bits per heavy atom. The molecular weight excluding hydrogens is 361 g/mol. The van der Waals surface area contributed by atoms with Gasteiger partial charge in [-0.05, 0) is 49.4 Å². The molecule has 0 unspecified atom stereocenters. The van der Waals surface area contributed by atoms with Crippen LogP contribution in [-0.2, 0) is 4.79 Å². The van der Waals surface area contributed by atoms with Crippen LogP contribution in [0.25, 0.3) is 0 Å². The fourth-order valence-electron chi connectivity index (χ4n) is 1.59. The summed E-state index contributed by atoms with van der Waals surface area (Å²) in [4.78, 5) is 12.0. The number of halogens is 3. The molecular formula is C15H12BrClFNO2. The van der Waals surface area contributed by atoms with E-state index in [1.165, 1.54) is 24.3 Å². The average Bonchev–Trinajstić information content (AvgIpc) is 2.44. The molecule has 0 saturated heterocycles. The van der Waals surface area contributed by atoms with Crippen LogP contribution >= 0.6 is 27.5 Å². The molecule has 0 aliphatic rings. The summed E-state index contributed by atoms with van der Waals surface area (Å²) in [6.07, 6.45) is -0.742. The zero-order valence-corrected chi connectivity index (χ0v) is 13.4. The zero-order chi connectivity index (χ0) is 15.4. The molecule has 1 N–H and O–H groups in total. The van der Waals surface area contributed by atoms with Crippen molar-refractivity contribution in [3.63, 3.8) is 0 Å². The maximum atomic E-state index is 12.8. The molecule has 110 valence electrons. The van der Waals surface area contributed by atoms with Gasteiger partial charge in [-0.2, -0.15) is 0 Å². The van der Waals surface area contributed by atoms with Crippen LogP contribution in [-0.4, -0.2) is 12.0 Å². The van der Waals surface area contributed by atoms with Crippen LogP contribution < -0.4 is 10.1 Å². The molecule has 0 aliphatic carbocycles. The third kappa shape index (κ3) is 4.44. The number of amides is 1. The van der Waals surface area contributed by atoms with E-state index < -0.39 is 6.10 Å². The summed E-state index contributed by atoms with van der Waals surface area (Å²) in [7, 11) is 0. The maximum Gasteiger partial charge on any atom is 0.265 e. The van der Waals surface area contributed by atoms with Crippen molar-refractivity contribution >= 4 is 39.1 Å². The van der Waals surface area contributed by atoms with Crippen molar-refractivity contribution in [2.24, 2.45) is 0 Å². The molecule has 0 fully saturated rings. The Hall–Kier alpha value is -1.59. The van der Waals surface area contributed by atoms with Crippen molar-refractivity contribution in [1.82, 2.24) is 0 Å². The van der Waals surface area contributed by atoms with Crippen molar-refractivity contribution < 1.29 is 13.9 Å². The predicted molar refractivity (Wildman–Crippen MR) is 84.3 cm³/mol. The Morgan fingerprint density at radius 2 is 1.95 bits per heavy atom. The smallest absolute Gasteiger partial charge is 0.265 e. The van der Waals surface area contributed by atoms with Crippen LogP contribution in [0.4, 0.5) is 10.1 Å². The first-order chi connectivity index (χ1) is 9.95. The number of carbonyl (C=O) groups is 1. The Balaban J connectivity index is 2.00. The molecule has 2 aromatic rings. The molecule has 0 radical (unpaired) electrons. The molecule has 2 aromatic carbocycles. The lowest BCUT2D eigenvalue weighted by molar-refractivity contribution is -0.122. The Bertz CT molecular complexity index is 649. The molecule has 0 bridgehead atoms. The standard InChI is InChI=1S/C15H12BrClFNO2/c1-9(21-14-7-2-10(16)8-13(14)17)15(20)19-12-5-3-11(18)4-6-12/h2-9H,1H3,(H,19,20)/t9-/m1/s1. The van der Waals surface area contributed by atoms with Crippen LogP contribution in [0.5, 0.6) is 5.75 Å². The van der Waals surface area contributed by atoms with E-state index in [0.717, 1.165) is 4.47 Å². The number of nitrogens with one attached hydrogen (secondary N) is 1. The highest BCUT2D eigenvalue weighted by Gasteiger charge is 2.16. The van der Waals surface area contributed by atoms with Gasteiger partial charge in [0.25, 0.3) is 5.91 Å². The second-order valence-electron chi connectivity index (χ2n) is 4.33. The van der Waals surface area contributed by atoms with E-state index in [9.17, 15) is 9.18 Å². The predicted octanol–water partition coefficient (Wildman–Crippen LogP) is 4.65. The number of hydrogen-bond donors (Lipinski definition) is 1. The Morgan fingerprint density at radius 3 is 2.57 bits per heavy atom. The van der Waals surface area contributed by atoms with Crippen LogP contribution in [0.15, 0.2) is 46.9 Å². The van der Waals surface area contributed by atoms with Crippen molar-refractivity contribution in [3.05, 3.63) is 57.8 Å². The third-order valence-electron chi connectivity index (χ3n) is 2.68. The van der Waals surface area contributed by atoms with Gasteiger partial charge in [-0.25, -0.2) is 4.39 Å². The molecule has 1 amide bonds. The van der Waals surface area contributed by atoms with Crippen LogP contribution in [0.2, 0.25) is 5.02 Å². The molecule has 0 heterocycles. The largest absolute Gasteiger partial charge is 0.479 e. The van der Waals surface area contributed by atoms with Gasteiger partial charge in [-0.3, -0.25) is 4.79 Å². The van der Waals surface area contributed by atoms with Gasteiger partial charge >= 0.3 is 0 Å². The molecule has 0 aromatic heterocycles. The summed E-state index contributed by atoms with van der Waals surface area (Å²) in [6.45, 7) is 1.61. The van der Waals surface area contributed by atoms with E-state index in [0.29, 0.717) is 16.5 Å². The van der Waals surface area contributed by atoms with Crippen LogP contribution in [0, 0.1) is 5.82 Å². The molecule has 0 saturated carbocycles. The lowest BCUT2D eigenvalue weighted by Crippen LogP contribution is -2.30. The molecule has 0 spiro atoms. The van der Waals surface area contributed by atoms with Gasteiger partial charge in [0.05, 0.1) is 5.02 Å². The first-order valence-electron chi connectivity index (χ1n) is 6.14. The number of rotatable bonds is 4. The van der Waals surface area contributed by atoms with Gasteiger partial charge in [-0.15, -0.1) is 0 Å². The number of carbonyl (C=O) groups excluding carboxylic acids is 1. The SMILES string of the molecule is C[C@@H](Oc1ccc(Br)cc1Cl)C(=O)Nc1ccc(F)cc1. The van der Waals surface area contributed by atoms with Crippen molar-refractivity contribution in [1.29, 1.82) is 0 Å². The van der Waals surface area contributed by atoms with E-state index >= 15 is 0 Å². The maximum absolute atomic E-state index is 12.8. The molecule has 2 rings (SSSR count). The summed E-state index contributed by atoms with van der Waals surface area (Å²) >= 11 is 9.32. The van der Waals surface area contributed by atoms with Crippen molar-refractivity contribution in [3.8, 4) is 5.75 Å². The van der Waals surface area contributed by atoms with E-state index in [1.54, 1.807) is 25.1 Å². The minimum atomic E-state index is -0.742. The zero-order valence-electron chi connectivity index (χ0n) is 11.1. The van der Waals surface area contributed by atoms with E-state index in [-0.39, 0.29) is 11.7 Å². The average molecular weight is 373 g/mol. The normalized spacial score (nSPS) is 11.8. The van der Waals surface area contributed by atoms with Crippen molar-refractivity contribution in [2.75, 3.05) is 5.32 Å². The van der Waals surface area contributed by atoms with Crippen LogP contribution in [0.3, 0.4) is 0 Å². The topological polar surface area (TPSA) is 38.3 Å². The number of ether oxygens (including phenoxy) is 1. The van der Waals surface area contributed by atoms with Gasteiger partial charge in [0, 0.05) is 10.2 Å². The summed E-state index contributed by atoms with van der Waals surface area (Å²) in [5.74, 6) is -0.291. The van der Waals surface area contributed by atoms with Crippen molar-refractivity contribution in [2.45, 2.75) is 13.0 Å². The van der Waals surface area contributed by atoms with E-state index in [2.05, 4.69) is 21.2 Å². The van der Waals surface area contributed by atoms with Gasteiger partial charge in [0.1, 0.15) is 11.6 Å². The second-order valence-corrected chi connectivity index (χ2v) is 5.65. The highest BCUT2D eigenvalue weighted by molar-refractivity contribution is 9.10. The highest BCUT2D eigenvalue weighted by Crippen LogP contribution is 2.28. The lowest BCUT2D eigenvalue weighted by atomic mass is 10.3. The summed E-state index contributed by atoms with van der Waals surface area (Å²) < 4.78 is 19.1. The summed E-state index contributed by atoms with van der Waals surface area (Å²) in [5, 5.41) is 3.05. The fourth-order valence-corrected chi connectivity index (χ4v) is 2.31. The van der Waals surface area contributed by atoms with E-state index in [4.69, 9.17) is 16.3 Å². The van der Waals surface area contributed by atoms with Gasteiger partial charge in [-0.1, -0.05) is 27.5 Å². The van der Waals surface area contributed by atoms with Gasteiger partial charge < -0.3 is 10.1 Å². The first-order valence-corrected chi connectivity index (χ1v) is 7.31. The molecule has 1 atom stereocenters. The monoisotopic (exact) mass is 371 g/mol. The Kier molecular flexibility index (Phi) is 5.20. The summed E-state index contributed by atoms with van der Waals surface area (Å²) in [6, 6.07) is 10.6. The van der Waals surface area contributed by atoms with E-state index in [1.807, 2.05) is 0 Å². The second kappa shape index (κ2) is 6.91.